The fourth-order valence-corrected chi connectivity index (χ4v) is 3.02. The Morgan fingerprint density at radius 3 is 2.26 bits per heavy atom. The number of hydrogen-bond acceptors (Lipinski definition) is 5. The predicted molar refractivity (Wildman–Crippen MR) is 113 cm³/mol. The molecule has 0 saturated heterocycles. The van der Waals surface area contributed by atoms with Crippen LogP contribution >= 0.6 is 22.6 Å². The largest absolute Gasteiger partial charge is 0.368 e. The fourth-order valence-electron chi connectivity index (χ4n) is 2.39. The number of carbonyl (C=O) groups is 2. The van der Waals surface area contributed by atoms with Crippen molar-refractivity contribution in [2.75, 3.05) is 16.4 Å². The van der Waals surface area contributed by atoms with Gasteiger partial charge in [-0.15, -0.1) is 0 Å². The van der Waals surface area contributed by atoms with Crippen molar-refractivity contribution in [2.45, 2.75) is 6.92 Å². The number of amides is 2. The second kappa shape index (κ2) is 8.12. The maximum absolute atomic E-state index is 12.6. The van der Waals surface area contributed by atoms with Crippen molar-refractivity contribution >= 4 is 51.7 Å². The molecule has 7 nitrogen and oxygen atoms in total. The normalized spacial score (nSPS) is 10.3. The number of nitrogens with two attached hydrogens (primary N) is 1. The molecule has 0 radical (unpaired) electrons. The Kier molecular flexibility index (Phi) is 5.65. The first-order chi connectivity index (χ1) is 12.9. The zero-order chi connectivity index (χ0) is 19.4. The Labute approximate surface area is 169 Å². The molecule has 8 heteroatoms. The maximum Gasteiger partial charge on any atom is 0.256 e. The molecule has 3 aromatic rings. The molecule has 0 fully saturated rings. The Balaban J connectivity index is 1.79. The number of nitrogens with zero attached hydrogens (tertiary/aromatic N) is 2. The number of carbonyl (C=O) groups excluding carboxylic acids is 2. The number of nitrogen functional groups attached to an aromatic ring is 1. The number of aryl methyl sites for hydroxylation is 1. The lowest BCUT2D eigenvalue weighted by Crippen LogP contribution is -2.16. The lowest BCUT2D eigenvalue weighted by molar-refractivity contribution is 0.101. The molecule has 2 aromatic carbocycles. The third-order valence-corrected chi connectivity index (χ3v) is 4.73. The molecular formula is C19H16IN5O2. The van der Waals surface area contributed by atoms with Gasteiger partial charge >= 0.3 is 0 Å². The first-order valence-electron chi connectivity index (χ1n) is 7.99. The van der Waals surface area contributed by atoms with E-state index < -0.39 is 0 Å². The summed E-state index contributed by atoms with van der Waals surface area (Å²) in [6.45, 7) is 1.82. The summed E-state index contributed by atoms with van der Waals surface area (Å²) in [6.07, 6.45) is 2.86. The molecule has 2 amide bonds. The maximum atomic E-state index is 12.6. The average molecular weight is 473 g/mol. The molecule has 0 unspecified atom stereocenters. The molecule has 0 aliphatic carbocycles. The highest BCUT2D eigenvalue weighted by atomic mass is 127. The van der Waals surface area contributed by atoms with Crippen molar-refractivity contribution < 1.29 is 9.59 Å². The minimum absolute atomic E-state index is 0.129. The van der Waals surface area contributed by atoms with Gasteiger partial charge in [-0.3, -0.25) is 9.59 Å². The van der Waals surface area contributed by atoms with Crippen LogP contribution in [0.2, 0.25) is 0 Å². The van der Waals surface area contributed by atoms with Gasteiger partial charge in [0, 0.05) is 14.8 Å². The summed E-state index contributed by atoms with van der Waals surface area (Å²) in [5.41, 5.74) is 8.19. The van der Waals surface area contributed by atoms with Crippen molar-refractivity contribution in [3.8, 4) is 0 Å². The third kappa shape index (κ3) is 4.59. The molecule has 0 spiro atoms. The topological polar surface area (TPSA) is 110 Å². The van der Waals surface area contributed by atoms with Crippen LogP contribution in [-0.4, -0.2) is 21.8 Å². The lowest BCUT2D eigenvalue weighted by atomic mass is 10.1. The molecule has 0 saturated carbocycles. The first-order valence-corrected chi connectivity index (χ1v) is 9.07. The number of anilines is 3. The monoisotopic (exact) mass is 473 g/mol. The highest BCUT2D eigenvalue weighted by Crippen LogP contribution is 2.19. The SMILES string of the molecule is Cc1ccc(NC(=O)c2ccccc2I)cc1C(=O)Nc1cnc(N)nc1. The predicted octanol–water partition coefficient (Wildman–Crippen LogP) is 3.48. The summed E-state index contributed by atoms with van der Waals surface area (Å²) >= 11 is 2.11. The van der Waals surface area contributed by atoms with Crippen LogP contribution in [-0.2, 0) is 0 Å². The van der Waals surface area contributed by atoms with Crippen LogP contribution in [0.15, 0.2) is 54.9 Å². The smallest absolute Gasteiger partial charge is 0.256 e. The molecule has 0 aliphatic rings. The van der Waals surface area contributed by atoms with Gasteiger partial charge in [0.1, 0.15) is 0 Å². The van der Waals surface area contributed by atoms with Gasteiger partial charge in [0.25, 0.3) is 11.8 Å². The van der Waals surface area contributed by atoms with Gasteiger partial charge < -0.3 is 16.4 Å². The second-order valence-electron chi connectivity index (χ2n) is 5.75. The Morgan fingerprint density at radius 1 is 0.926 bits per heavy atom. The van der Waals surface area contributed by atoms with Gasteiger partial charge in [0.15, 0.2) is 0 Å². The van der Waals surface area contributed by atoms with Gasteiger partial charge in [0.05, 0.1) is 23.6 Å². The van der Waals surface area contributed by atoms with E-state index >= 15 is 0 Å². The van der Waals surface area contributed by atoms with Gasteiger partial charge in [-0.1, -0.05) is 18.2 Å². The quantitative estimate of drug-likeness (QED) is 0.503. The Hall–Kier alpha value is -3.01. The van der Waals surface area contributed by atoms with Crippen molar-refractivity contribution in [1.82, 2.24) is 9.97 Å². The molecule has 0 atom stereocenters. The summed E-state index contributed by atoms with van der Waals surface area (Å²) < 4.78 is 0.848. The Bertz CT molecular complexity index is 1010. The average Bonchev–Trinajstić information content (AvgIpc) is 2.65. The van der Waals surface area contributed by atoms with Crippen molar-refractivity contribution in [3.05, 3.63) is 75.1 Å². The summed E-state index contributed by atoms with van der Waals surface area (Å²) in [5.74, 6) is -0.433. The van der Waals surface area contributed by atoms with E-state index in [0.717, 1.165) is 9.13 Å². The number of rotatable bonds is 4. The van der Waals surface area contributed by atoms with Crippen LogP contribution in [0.5, 0.6) is 0 Å². The van der Waals surface area contributed by atoms with Crippen molar-refractivity contribution in [2.24, 2.45) is 0 Å². The highest BCUT2D eigenvalue weighted by Gasteiger charge is 2.14. The standard InChI is InChI=1S/C19H16IN5O2/c1-11-6-7-12(24-17(26)14-4-2-3-5-16(14)20)8-15(11)18(27)25-13-9-22-19(21)23-10-13/h2-10H,1H3,(H,24,26)(H,25,27)(H2,21,22,23). The van der Waals surface area contributed by atoms with Gasteiger partial charge in [0.2, 0.25) is 5.95 Å². The molecule has 0 aliphatic heterocycles. The van der Waals surface area contributed by atoms with Gasteiger partial charge in [-0.05, 0) is 59.3 Å². The van der Waals surface area contributed by atoms with E-state index in [9.17, 15) is 9.59 Å². The summed E-state index contributed by atoms with van der Waals surface area (Å²) in [4.78, 5) is 32.7. The molecule has 4 N–H and O–H groups in total. The van der Waals surface area contributed by atoms with E-state index in [1.807, 2.05) is 19.1 Å². The van der Waals surface area contributed by atoms with E-state index in [2.05, 4.69) is 43.2 Å². The molecule has 136 valence electrons. The molecular weight excluding hydrogens is 457 g/mol. The summed E-state index contributed by atoms with van der Waals surface area (Å²) in [6, 6.07) is 12.5. The zero-order valence-electron chi connectivity index (χ0n) is 14.4. The van der Waals surface area contributed by atoms with E-state index in [-0.39, 0.29) is 17.8 Å². The summed E-state index contributed by atoms with van der Waals surface area (Å²) in [5, 5.41) is 5.54. The molecule has 1 aromatic heterocycles. The lowest BCUT2D eigenvalue weighted by Gasteiger charge is -2.11. The number of nitrogens with one attached hydrogen (secondary N) is 2. The number of hydrogen-bond donors (Lipinski definition) is 3. The van der Waals surface area contributed by atoms with E-state index in [0.29, 0.717) is 22.5 Å². The number of benzene rings is 2. The van der Waals surface area contributed by atoms with Crippen LogP contribution in [0.3, 0.4) is 0 Å². The fraction of sp³-hybridized carbons (Fsp3) is 0.0526. The van der Waals surface area contributed by atoms with E-state index in [1.165, 1.54) is 12.4 Å². The minimum Gasteiger partial charge on any atom is -0.368 e. The van der Waals surface area contributed by atoms with Crippen LogP contribution in [0.25, 0.3) is 0 Å². The Morgan fingerprint density at radius 2 is 1.56 bits per heavy atom. The molecule has 0 bridgehead atoms. The first kappa shape index (κ1) is 18.8. The minimum atomic E-state index is -0.328. The van der Waals surface area contributed by atoms with Crippen LogP contribution in [0.1, 0.15) is 26.3 Å². The van der Waals surface area contributed by atoms with Crippen molar-refractivity contribution in [1.29, 1.82) is 0 Å². The number of aromatic nitrogens is 2. The second-order valence-corrected chi connectivity index (χ2v) is 6.91. The van der Waals surface area contributed by atoms with Crippen LogP contribution in [0, 0.1) is 10.5 Å². The number of halogens is 1. The van der Waals surface area contributed by atoms with E-state index in [4.69, 9.17) is 5.73 Å². The van der Waals surface area contributed by atoms with Crippen LogP contribution in [0.4, 0.5) is 17.3 Å². The molecule has 27 heavy (non-hydrogen) atoms. The molecule has 3 rings (SSSR count). The van der Waals surface area contributed by atoms with Crippen molar-refractivity contribution in [3.63, 3.8) is 0 Å². The molecule has 1 heterocycles. The van der Waals surface area contributed by atoms with E-state index in [1.54, 1.807) is 30.3 Å². The zero-order valence-corrected chi connectivity index (χ0v) is 16.5. The third-order valence-electron chi connectivity index (χ3n) is 3.79. The summed E-state index contributed by atoms with van der Waals surface area (Å²) in [7, 11) is 0. The van der Waals surface area contributed by atoms with Gasteiger partial charge in [-0.25, -0.2) is 9.97 Å². The van der Waals surface area contributed by atoms with Gasteiger partial charge in [-0.2, -0.15) is 0 Å². The van der Waals surface area contributed by atoms with Crippen LogP contribution < -0.4 is 16.4 Å². The highest BCUT2D eigenvalue weighted by molar-refractivity contribution is 14.1.